The third-order valence-corrected chi connectivity index (χ3v) is 5.72. The summed E-state index contributed by atoms with van der Waals surface area (Å²) in [5, 5.41) is 4.32. The van der Waals surface area contributed by atoms with E-state index in [0.717, 1.165) is 35.4 Å². The second-order valence-corrected chi connectivity index (χ2v) is 7.89. The molecule has 1 unspecified atom stereocenters. The van der Waals surface area contributed by atoms with E-state index in [4.69, 9.17) is 4.74 Å². The molecule has 0 saturated carbocycles. The summed E-state index contributed by atoms with van der Waals surface area (Å²) < 4.78 is 7.22. The fourth-order valence-electron chi connectivity index (χ4n) is 3.95. The van der Waals surface area contributed by atoms with Crippen LogP contribution in [-0.2, 0) is 0 Å². The molecule has 0 aliphatic carbocycles. The lowest BCUT2D eigenvalue weighted by molar-refractivity contribution is 0.230. The lowest BCUT2D eigenvalue weighted by Crippen LogP contribution is -2.28. The molecule has 0 bridgehead atoms. The molecule has 0 radical (unpaired) electrons. The molecule has 0 N–H and O–H groups in total. The van der Waals surface area contributed by atoms with Crippen LogP contribution in [0.3, 0.4) is 0 Å². The van der Waals surface area contributed by atoms with Crippen molar-refractivity contribution in [2.75, 3.05) is 19.7 Å². The summed E-state index contributed by atoms with van der Waals surface area (Å²) >= 11 is 0. The van der Waals surface area contributed by atoms with Gasteiger partial charge in [0.15, 0.2) is 5.82 Å². The molecular formula is C24H28N4O2. The molecule has 1 fully saturated rings. The first-order valence-electron chi connectivity index (χ1n) is 10.6. The van der Waals surface area contributed by atoms with Gasteiger partial charge in [0.2, 0.25) is 0 Å². The van der Waals surface area contributed by atoms with Crippen molar-refractivity contribution < 1.29 is 4.74 Å². The fraction of sp³-hybridized carbons (Fsp3) is 0.375. The maximum atomic E-state index is 12.6. The van der Waals surface area contributed by atoms with Crippen molar-refractivity contribution in [3.8, 4) is 22.7 Å². The van der Waals surface area contributed by atoms with Gasteiger partial charge in [-0.15, -0.1) is 0 Å². The van der Waals surface area contributed by atoms with Gasteiger partial charge in [-0.2, -0.15) is 9.78 Å². The number of hydrogen-bond donors (Lipinski definition) is 0. The highest BCUT2D eigenvalue weighted by Gasteiger charge is 2.19. The Hall–Kier alpha value is -2.99. The topological polar surface area (TPSA) is 60.2 Å². The first-order valence-corrected chi connectivity index (χ1v) is 10.6. The summed E-state index contributed by atoms with van der Waals surface area (Å²) in [6.07, 6.45) is 7.01. The second kappa shape index (κ2) is 9.22. The molecule has 1 atom stereocenters. The van der Waals surface area contributed by atoms with E-state index in [0.29, 0.717) is 18.5 Å². The highest BCUT2D eigenvalue weighted by molar-refractivity contribution is 5.62. The molecule has 3 aromatic rings. The number of aryl methyl sites for hydroxylation is 1. The minimum Gasteiger partial charge on any atom is -0.494 e. The second-order valence-electron chi connectivity index (χ2n) is 7.89. The van der Waals surface area contributed by atoms with Gasteiger partial charge in [-0.25, -0.2) is 4.98 Å². The summed E-state index contributed by atoms with van der Waals surface area (Å²) in [6, 6.07) is 13.9. The zero-order valence-electron chi connectivity index (χ0n) is 17.6. The largest absolute Gasteiger partial charge is 0.494 e. The zero-order chi connectivity index (χ0) is 20.9. The summed E-state index contributed by atoms with van der Waals surface area (Å²) in [4.78, 5) is 19.4. The van der Waals surface area contributed by atoms with Gasteiger partial charge in [0.25, 0.3) is 5.56 Å². The molecule has 1 aliphatic rings. The molecule has 0 spiro atoms. The normalized spacial score (nSPS) is 16.7. The number of nitrogens with zero attached hydrogens (tertiary/aromatic N) is 4. The average Bonchev–Trinajstić information content (AvgIpc) is 3.17. The number of aromatic nitrogens is 3. The lowest BCUT2D eigenvalue weighted by atomic mass is 10.1. The number of hydrogen-bond acceptors (Lipinski definition) is 5. The van der Waals surface area contributed by atoms with Gasteiger partial charge >= 0.3 is 0 Å². The molecule has 2 aromatic heterocycles. The maximum Gasteiger partial charge on any atom is 0.273 e. The zero-order valence-corrected chi connectivity index (χ0v) is 17.6. The van der Waals surface area contributed by atoms with Crippen molar-refractivity contribution in [3.63, 3.8) is 0 Å². The predicted molar refractivity (Wildman–Crippen MR) is 118 cm³/mol. The van der Waals surface area contributed by atoms with E-state index in [-0.39, 0.29) is 5.56 Å². The van der Waals surface area contributed by atoms with Crippen LogP contribution in [0.5, 0.6) is 5.75 Å². The highest BCUT2D eigenvalue weighted by atomic mass is 16.5. The number of likely N-dealkylation sites (tertiary alicyclic amines) is 1. The predicted octanol–water partition coefficient (Wildman–Crippen LogP) is 3.86. The number of ether oxygens (including phenoxy) is 1. The Kier molecular flexibility index (Phi) is 6.23. The molecule has 156 valence electrons. The Morgan fingerprint density at radius 3 is 2.70 bits per heavy atom. The van der Waals surface area contributed by atoms with E-state index in [1.54, 1.807) is 18.5 Å². The van der Waals surface area contributed by atoms with Gasteiger partial charge in [-0.3, -0.25) is 4.79 Å². The molecule has 6 nitrogen and oxygen atoms in total. The standard InChI is InChI=1S/C24H28N4O2/c1-18-6-3-12-25-24(18)28-23(29)16-21(17-26-28)20-8-10-22(11-9-20)30-15-5-14-27-13-4-7-19(27)2/h3,6,8-12,16-17,19H,4-5,7,13-15H2,1-2H3. The molecule has 30 heavy (non-hydrogen) atoms. The van der Waals surface area contributed by atoms with E-state index in [9.17, 15) is 4.79 Å². The van der Waals surface area contributed by atoms with Gasteiger partial charge in [0, 0.05) is 30.4 Å². The van der Waals surface area contributed by atoms with E-state index >= 15 is 0 Å². The van der Waals surface area contributed by atoms with Crippen molar-refractivity contribution in [1.82, 2.24) is 19.7 Å². The Morgan fingerprint density at radius 2 is 2.00 bits per heavy atom. The van der Waals surface area contributed by atoms with Crippen LogP contribution in [0.1, 0.15) is 31.7 Å². The molecule has 0 amide bonds. The van der Waals surface area contributed by atoms with Crippen LogP contribution < -0.4 is 10.3 Å². The SMILES string of the molecule is Cc1cccnc1-n1ncc(-c2ccc(OCCCN3CCCC3C)cc2)cc1=O. The van der Waals surface area contributed by atoms with Crippen molar-refractivity contribution >= 4 is 0 Å². The van der Waals surface area contributed by atoms with Crippen LogP contribution in [0.2, 0.25) is 0 Å². The van der Waals surface area contributed by atoms with Crippen LogP contribution in [-0.4, -0.2) is 45.4 Å². The minimum absolute atomic E-state index is 0.203. The van der Waals surface area contributed by atoms with Crippen LogP contribution in [0.25, 0.3) is 16.9 Å². The summed E-state index contributed by atoms with van der Waals surface area (Å²) in [6.45, 7) is 7.23. The van der Waals surface area contributed by atoms with Crippen molar-refractivity contribution in [2.24, 2.45) is 0 Å². The van der Waals surface area contributed by atoms with Crippen molar-refractivity contribution in [3.05, 3.63) is 70.8 Å². The van der Waals surface area contributed by atoms with Crippen LogP contribution in [0.4, 0.5) is 0 Å². The van der Waals surface area contributed by atoms with Crippen LogP contribution >= 0.6 is 0 Å². The molecule has 1 aromatic carbocycles. The van der Waals surface area contributed by atoms with E-state index < -0.39 is 0 Å². The Bertz CT molecular complexity index is 1050. The van der Waals surface area contributed by atoms with Gasteiger partial charge in [-0.1, -0.05) is 18.2 Å². The third kappa shape index (κ3) is 4.60. The summed E-state index contributed by atoms with van der Waals surface area (Å²) in [5.74, 6) is 1.40. The van der Waals surface area contributed by atoms with Gasteiger partial charge in [0.1, 0.15) is 5.75 Å². The Balaban J connectivity index is 1.37. The van der Waals surface area contributed by atoms with E-state index in [2.05, 4.69) is 21.9 Å². The first kappa shape index (κ1) is 20.3. The molecule has 6 heteroatoms. The molecular weight excluding hydrogens is 376 g/mol. The number of benzene rings is 1. The summed E-state index contributed by atoms with van der Waals surface area (Å²) in [5.41, 5.74) is 2.41. The average molecular weight is 405 g/mol. The molecule has 1 saturated heterocycles. The smallest absolute Gasteiger partial charge is 0.273 e. The van der Waals surface area contributed by atoms with Gasteiger partial charge in [-0.05, 0) is 69.0 Å². The molecule has 3 heterocycles. The van der Waals surface area contributed by atoms with Crippen LogP contribution in [0, 0.1) is 6.92 Å². The fourth-order valence-corrected chi connectivity index (χ4v) is 3.95. The van der Waals surface area contributed by atoms with Gasteiger partial charge < -0.3 is 9.64 Å². The quantitative estimate of drug-likeness (QED) is 0.560. The highest BCUT2D eigenvalue weighted by Crippen LogP contribution is 2.21. The minimum atomic E-state index is -0.203. The summed E-state index contributed by atoms with van der Waals surface area (Å²) in [7, 11) is 0. The van der Waals surface area contributed by atoms with E-state index in [1.807, 2.05) is 43.3 Å². The molecule has 1 aliphatic heterocycles. The van der Waals surface area contributed by atoms with Crippen molar-refractivity contribution in [1.29, 1.82) is 0 Å². The van der Waals surface area contributed by atoms with Crippen molar-refractivity contribution in [2.45, 2.75) is 39.2 Å². The monoisotopic (exact) mass is 404 g/mol. The lowest BCUT2D eigenvalue weighted by Gasteiger charge is -2.20. The number of pyridine rings is 1. The van der Waals surface area contributed by atoms with E-state index in [1.165, 1.54) is 24.1 Å². The maximum absolute atomic E-state index is 12.6. The first-order chi connectivity index (χ1) is 14.6. The van der Waals surface area contributed by atoms with Crippen LogP contribution in [0.15, 0.2) is 59.7 Å². The van der Waals surface area contributed by atoms with Gasteiger partial charge in [0.05, 0.1) is 12.8 Å². The number of rotatable bonds is 7. The third-order valence-electron chi connectivity index (χ3n) is 5.72. The Labute approximate surface area is 177 Å². The molecule has 4 rings (SSSR count). The Morgan fingerprint density at radius 1 is 1.17 bits per heavy atom.